The zero-order valence-corrected chi connectivity index (χ0v) is 15.7. The molecule has 0 amide bonds. The fraction of sp³-hybridized carbons (Fsp3) is 1.00. The van der Waals surface area contributed by atoms with E-state index < -0.39 is 0 Å². The second-order valence-electron chi connectivity index (χ2n) is 7.99. The molecule has 24 heavy (non-hydrogen) atoms. The van der Waals surface area contributed by atoms with Gasteiger partial charge in [-0.1, -0.05) is 6.92 Å². The molecule has 0 aromatic heterocycles. The Hall–Kier alpha value is -0.280. The topological polar surface area (TPSA) is 75.4 Å². The van der Waals surface area contributed by atoms with Crippen molar-refractivity contribution in [1.82, 2.24) is 37.0 Å². The maximum atomic E-state index is 3.74. The number of rotatable bonds is 6. The van der Waals surface area contributed by atoms with E-state index in [1.807, 2.05) is 0 Å². The summed E-state index contributed by atoms with van der Waals surface area (Å²) in [5.41, 5.74) is 3.53. The molecule has 6 N–H and O–H groups in total. The van der Waals surface area contributed by atoms with Gasteiger partial charge in [0.15, 0.2) is 0 Å². The number of hydrazine groups is 1. The molecule has 7 heteroatoms. The molecular weight excluding hydrogens is 302 g/mol. The molecule has 0 saturated carbocycles. The standard InChI is InChI=1S/C17H37N7/c1-11-6-7-14(20-10-11)18-8-5-9-19-16-15-12(2)23-24(4)17(15)22-13(3)21-16/h11-23H,5-10H2,1-4H3. The van der Waals surface area contributed by atoms with Crippen molar-refractivity contribution in [3.63, 3.8) is 0 Å². The van der Waals surface area contributed by atoms with Gasteiger partial charge in [-0.3, -0.25) is 16.1 Å². The lowest BCUT2D eigenvalue weighted by atomic mass is 9.93. The van der Waals surface area contributed by atoms with Gasteiger partial charge in [0.25, 0.3) is 0 Å². The van der Waals surface area contributed by atoms with Crippen LogP contribution >= 0.6 is 0 Å². The first-order chi connectivity index (χ1) is 11.5. The van der Waals surface area contributed by atoms with Gasteiger partial charge in [-0.25, -0.2) is 5.01 Å². The van der Waals surface area contributed by atoms with Crippen LogP contribution in [-0.4, -0.2) is 62.4 Å². The third kappa shape index (κ3) is 4.46. The first kappa shape index (κ1) is 18.5. The minimum atomic E-state index is 0.324. The second-order valence-corrected chi connectivity index (χ2v) is 7.99. The highest BCUT2D eigenvalue weighted by molar-refractivity contribution is 4.98. The minimum Gasteiger partial charge on any atom is -0.302 e. The number of hydrogen-bond donors (Lipinski definition) is 6. The zero-order chi connectivity index (χ0) is 17.1. The predicted molar refractivity (Wildman–Crippen MR) is 98.0 cm³/mol. The van der Waals surface area contributed by atoms with Gasteiger partial charge in [-0.05, 0) is 58.7 Å². The van der Waals surface area contributed by atoms with Crippen LogP contribution in [0.4, 0.5) is 0 Å². The van der Waals surface area contributed by atoms with Gasteiger partial charge in [-0.2, -0.15) is 0 Å². The smallest absolute Gasteiger partial charge is 0.0813 e. The molecule has 3 rings (SSSR count). The van der Waals surface area contributed by atoms with Crippen molar-refractivity contribution in [3.8, 4) is 0 Å². The average Bonchev–Trinajstić information content (AvgIpc) is 2.83. The summed E-state index contributed by atoms with van der Waals surface area (Å²) >= 11 is 0. The number of nitrogens with one attached hydrogen (secondary N) is 6. The van der Waals surface area contributed by atoms with E-state index in [4.69, 9.17) is 0 Å². The van der Waals surface area contributed by atoms with Gasteiger partial charge in [-0.15, -0.1) is 0 Å². The van der Waals surface area contributed by atoms with Crippen LogP contribution in [0.1, 0.15) is 40.0 Å². The summed E-state index contributed by atoms with van der Waals surface area (Å²) in [6, 6.07) is 0.469. The van der Waals surface area contributed by atoms with Crippen LogP contribution in [0, 0.1) is 11.8 Å². The predicted octanol–water partition coefficient (Wildman–Crippen LogP) is -0.453. The lowest BCUT2D eigenvalue weighted by Crippen LogP contribution is -2.68. The Morgan fingerprint density at radius 3 is 2.58 bits per heavy atom. The Bertz CT molecular complexity index is 385. The van der Waals surface area contributed by atoms with Gasteiger partial charge >= 0.3 is 0 Å². The fourth-order valence-corrected chi connectivity index (χ4v) is 4.39. The van der Waals surface area contributed by atoms with Crippen molar-refractivity contribution in [2.75, 3.05) is 26.7 Å². The van der Waals surface area contributed by atoms with Crippen LogP contribution in [-0.2, 0) is 0 Å². The molecule has 3 aliphatic rings. The highest BCUT2D eigenvalue weighted by atomic mass is 15.6. The minimum absolute atomic E-state index is 0.324. The summed E-state index contributed by atoms with van der Waals surface area (Å²) in [6.45, 7) is 10.0. The van der Waals surface area contributed by atoms with Gasteiger partial charge in [0.2, 0.25) is 0 Å². The lowest BCUT2D eigenvalue weighted by Gasteiger charge is -2.41. The van der Waals surface area contributed by atoms with Crippen LogP contribution in [0.3, 0.4) is 0 Å². The van der Waals surface area contributed by atoms with Crippen LogP contribution in [0.2, 0.25) is 0 Å². The molecule has 0 bridgehead atoms. The number of fused-ring (bicyclic) bond motifs is 1. The third-order valence-electron chi connectivity index (χ3n) is 5.77. The monoisotopic (exact) mass is 339 g/mol. The molecule has 7 unspecified atom stereocenters. The van der Waals surface area contributed by atoms with Gasteiger partial charge in [0.1, 0.15) is 0 Å². The molecular formula is C17H37N7. The van der Waals surface area contributed by atoms with E-state index in [2.05, 4.69) is 64.8 Å². The van der Waals surface area contributed by atoms with E-state index in [9.17, 15) is 0 Å². The Balaban J connectivity index is 1.36. The molecule has 0 aromatic rings. The summed E-state index contributed by atoms with van der Waals surface area (Å²) in [7, 11) is 2.13. The molecule has 3 aliphatic heterocycles. The maximum Gasteiger partial charge on any atom is 0.0813 e. The van der Waals surface area contributed by atoms with Crippen molar-refractivity contribution in [2.24, 2.45) is 11.8 Å². The normalized spacial score (nSPS) is 43.8. The van der Waals surface area contributed by atoms with E-state index in [-0.39, 0.29) is 0 Å². The molecule has 7 nitrogen and oxygen atoms in total. The van der Waals surface area contributed by atoms with E-state index >= 15 is 0 Å². The average molecular weight is 340 g/mol. The summed E-state index contributed by atoms with van der Waals surface area (Å²) in [6.07, 6.45) is 5.32. The number of piperidine rings is 1. The summed E-state index contributed by atoms with van der Waals surface area (Å²) in [4.78, 5) is 0. The molecule has 0 radical (unpaired) electrons. The van der Waals surface area contributed by atoms with E-state index in [0.29, 0.717) is 36.6 Å². The third-order valence-corrected chi connectivity index (χ3v) is 5.77. The quantitative estimate of drug-likeness (QED) is 0.366. The van der Waals surface area contributed by atoms with Crippen LogP contribution in [0.5, 0.6) is 0 Å². The van der Waals surface area contributed by atoms with Crippen LogP contribution in [0.25, 0.3) is 0 Å². The number of nitrogens with zero attached hydrogens (tertiary/aromatic N) is 1. The molecule has 3 saturated heterocycles. The van der Waals surface area contributed by atoms with Gasteiger partial charge in [0, 0.05) is 19.0 Å². The molecule has 0 aromatic carbocycles. The lowest BCUT2D eigenvalue weighted by molar-refractivity contribution is 0.0919. The first-order valence-corrected chi connectivity index (χ1v) is 9.76. The molecule has 3 fully saturated rings. The Kier molecular flexibility index (Phi) is 6.48. The van der Waals surface area contributed by atoms with Crippen molar-refractivity contribution in [2.45, 2.75) is 70.7 Å². The van der Waals surface area contributed by atoms with Crippen molar-refractivity contribution in [3.05, 3.63) is 0 Å². The summed E-state index contributed by atoms with van der Waals surface area (Å²) in [5, 5.41) is 20.5. The zero-order valence-electron chi connectivity index (χ0n) is 15.7. The maximum absolute atomic E-state index is 3.74. The Labute approximate surface area is 147 Å². The highest BCUT2D eigenvalue weighted by Crippen LogP contribution is 2.25. The molecule has 3 heterocycles. The van der Waals surface area contributed by atoms with E-state index in [1.165, 1.54) is 12.8 Å². The van der Waals surface area contributed by atoms with Gasteiger partial charge in [0.05, 0.1) is 24.7 Å². The number of hydrogen-bond acceptors (Lipinski definition) is 7. The second kappa shape index (κ2) is 8.40. The largest absolute Gasteiger partial charge is 0.302 e. The molecule has 140 valence electrons. The highest BCUT2D eigenvalue weighted by Gasteiger charge is 2.45. The van der Waals surface area contributed by atoms with E-state index in [0.717, 1.165) is 32.0 Å². The van der Waals surface area contributed by atoms with E-state index in [1.54, 1.807) is 0 Å². The molecule has 0 spiro atoms. The summed E-state index contributed by atoms with van der Waals surface area (Å²) < 4.78 is 0. The van der Waals surface area contributed by atoms with Crippen molar-refractivity contribution in [1.29, 1.82) is 0 Å². The SMILES string of the molecule is CC1CCC(NCCCNC2NC(C)NC3C2C(C)NN3C)NC1. The summed E-state index contributed by atoms with van der Waals surface area (Å²) in [5.74, 6) is 1.35. The Morgan fingerprint density at radius 1 is 1.04 bits per heavy atom. The van der Waals surface area contributed by atoms with Gasteiger partial charge < -0.3 is 16.0 Å². The Morgan fingerprint density at radius 2 is 1.83 bits per heavy atom. The first-order valence-electron chi connectivity index (χ1n) is 9.76. The fourth-order valence-electron chi connectivity index (χ4n) is 4.39. The molecule has 0 aliphatic carbocycles. The van der Waals surface area contributed by atoms with Crippen LogP contribution in [0.15, 0.2) is 0 Å². The van der Waals surface area contributed by atoms with Crippen molar-refractivity contribution < 1.29 is 0 Å². The van der Waals surface area contributed by atoms with Crippen molar-refractivity contribution >= 4 is 0 Å². The van der Waals surface area contributed by atoms with Crippen LogP contribution < -0.4 is 32.0 Å². The molecule has 7 atom stereocenters.